The Morgan fingerprint density at radius 1 is 1.48 bits per heavy atom. The number of nitrogens with zero attached hydrogens (tertiary/aromatic N) is 4. The van der Waals surface area contributed by atoms with Gasteiger partial charge in [-0.15, -0.1) is 17.5 Å². The van der Waals surface area contributed by atoms with Gasteiger partial charge in [0, 0.05) is 12.0 Å². The molecule has 25 heavy (non-hydrogen) atoms. The van der Waals surface area contributed by atoms with Gasteiger partial charge in [-0.2, -0.15) is 0 Å². The van der Waals surface area contributed by atoms with E-state index in [1.165, 1.54) is 6.42 Å². The molecular weight excluding hydrogens is 363 g/mol. The van der Waals surface area contributed by atoms with Crippen LogP contribution in [0.25, 0.3) is 5.52 Å². The molecule has 7 nitrogen and oxygen atoms in total. The van der Waals surface area contributed by atoms with Crippen molar-refractivity contribution in [3.05, 3.63) is 17.2 Å². The highest BCUT2D eigenvalue weighted by atomic mass is 35.5. The molecule has 1 saturated carbocycles. The van der Waals surface area contributed by atoms with E-state index in [1.807, 2.05) is 4.52 Å². The summed E-state index contributed by atoms with van der Waals surface area (Å²) >= 11 is 6.31. The standard InChI is InChI=1S/C16H23ClN6O.ClH/c1-2-16(5-3-6-16)14-21-13(17)11-8-19-15(22-23(11)14)20-10-4-7-18-9-12(10)24;/h8,10,12,18,24H,2-7,9H2,1H3,(H,20,22);1H/t10-,12+;/m0./s1. The fourth-order valence-electron chi connectivity index (χ4n) is 3.78. The van der Waals surface area contributed by atoms with Gasteiger partial charge in [0.1, 0.15) is 11.3 Å². The van der Waals surface area contributed by atoms with Crippen LogP contribution >= 0.6 is 24.0 Å². The van der Waals surface area contributed by atoms with Crippen molar-refractivity contribution in [2.45, 2.75) is 56.6 Å². The monoisotopic (exact) mass is 386 g/mol. The fraction of sp³-hybridized carbons (Fsp3) is 0.688. The first-order chi connectivity index (χ1) is 11.6. The van der Waals surface area contributed by atoms with E-state index in [2.05, 4.69) is 32.6 Å². The van der Waals surface area contributed by atoms with Crippen LogP contribution in [-0.4, -0.2) is 49.9 Å². The summed E-state index contributed by atoms with van der Waals surface area (Å²) in [6, 6.07) is -0.0463. The van der Waals surface area contributed by atoms with E-state index < -0.39 is 6.10 Å². The first kappa shape index (κ1) is 18.6. The first-order valence-electron chi connectivity index (χ1n) is 8.70. The minimum Gasteiger partial charge on any atom is -0.390 e. The molecule has 2 aromatic rings. The summed E-state index contributed by atoms with van der Waals surface area (Å²) in [6.45, 7) is 3.65. The smallest absolute Gasteiger partial charge is 0.241 e. The number of β-amino-alcohol motifs (C(OH)–C–C–N with tert-alkyl or cyclic N) is 1. The second kappa shape index (κ2) is 7.23. The molecule has 2 aliphatic rings. The lowest BCUT2D eigenvalue weighted by Crippen LogP contribution is -2.48. The summed E-state index contributed by atoms with van der Waals surface area (Å²) in [5, 5.41) is 21.6. The summed E-state index contributed by atoms with van der Waals surface area (Å²) in [5.74, 6) is 1.45. The molecule has 3 N–H and O–H groups in total. The Hall–Kier alpha value is -1.15. The number of anilines is 1. The van der Waals surface area contributed by atoms with E-state index in [0.29, 0.717) is 17.6 Å². The highest BCUT2D eigenvalue weighted by Gasteiger charge is 2.41. The maximum Gasteiger partial charge on any atom is 0.241 e. The zero-order valence-corrected chi connectivity index (χ0v) is 15.8. The van der Waals surface area contributed by atoms with Crippen molar-refractivity contribution in [3.8, 4) is 0 Å². The summed E-state index contributed by atoms with van der Waals surface area (Å²) in [6.07, 6.45) is 6.60. The van der Waals surface area contributed by atoms with E-state index in [4.69, 9.17) is 11.6 Å². The van der Waals surface area contributed by atoms with Crippen LogP contribution in [-0.2, 0) is 5.41 Å². The normalized spacial score (nSPS) is 25.2. The molecule has 9 heteroatoms. The molecule has 2 aromatic heterocycles. The van der Waals surface area contributed by atoms with Gasteiger partial charge in [-0.3, -0.25) is 0 Å². The van der Waals surface area contributed by atoms with Crippen LogP contribution in [0.2, 0.25) is 5.15 Å². The van der Waals surface area contributed by atoms with Crippen LogP contribution in [0.1, 0.15) is 44.9 Å². The van der Waals surface area contributed by atoms with Gasteiger partial charge in [0.2, 0.25) is 5.95 Å². The van der Waals surface area contributed by atoms with Crippen LogP contribution in [0, 0.1) is 0 Å². The third-order valence-corrected chi connectivity index (χ3v) is 5.85. The molecule has 1 aliphatic carbocycles. The Balaban J connectivity index is 0.00000182. The summed E-state index contributed by atoms with van der Waals surface area (Å²) < 4.78 is 1.84. The van der Waals surface area contributed by atoms with Gasteiger partial charge in [-0.1, -0.05) is 24.9 Å². The van der Waals surface area contributed by atoms with E-state index in [1.54, 1.807) is 6.20 Å². The molecule has 2 fully saturated rings. The van der Waals surface area contributed by atoms with Crippen molar-refractivity contribution in [1.82, 2.24) is 24.9 Å². The third-order valence-electron chi connectivity index (χ3n) is 5.57. The van der Waals surface area contributed by atoms with Crippen molar-refractivity contribution in [2.75, 3.05) is 18.4 Å². The number of rotatable bonds is 4. The van der Waals surface area contributed by atoms with Crippen LogP contribution in [0.4, 0.5) is 5.95 Å². The molecule has 0 bridgehead atoms. The van der Waals surface area contributed by atoms with E-state index in [-0.39, 0.29) is 23.9 Å². The average Bonchev–Trinajstić information content (AvgIpc) is 2.86. The lowest BCUT2D eigenvalue weighted by atomic mass is 9.66. The molecule has 0 unspecified atom stereocenters. The molecule has 4 rings (SSSR count). The number of fused-ring (bicyclic) bond motifs is 1. The van der Waals surface area contributed by atoms with E-state index in [9.17, 15) is 5.11 Å². The lowest BCUT2D eigenvalue weighted by molar-refractivity contribution is 0.128. The Bertz CT molecular complexity index is 742. The molecule has 0 radical (unpaired) electrons. The van der Waals surface area contributed by atoms with Crippen LogP contribution in [0.5, 0.6) is 0 Å². The Labute approximate surface area is 158 Å². The summed E-state index contributed by atoms with van der Waals surface area (Å²) in [4.78, 5) is 8.96. The molecule has 1 aliphatic heterocycles. The zero-order valence-electron chi connectivity index (χ0n) is 14.2. The number of halogens is 2. The highest BCUT2D eigenvalue weighted by Crippen LogP contribution is 2.46. The van der Waals surface area contributed by atoms with Crippen LogP contribution in [0.15, 0.2) is 6.20 Å². The highest BCUT2D eigenvalue weighted by molar-refractivity contribution is 6.32. The van der Waals surface area contributed by atoms with E-state index in [0.717, 1.165) is 43.6 Å². The molecule has 0 aromatic carbocycles. The second-order valence-corrected chi connectivity index (χ2v) is 7.26. The molecule has 0 amide bonds. The number of nitrogens with one attached hydrogen (secondary N) is 2. The molecule has 2 atom stereocenters. The first-order valence-corrected chi connectivity index (χ1v) is 9.08. The number of piperidine rings is 1. The molecule has 138 valence electrons. The third kappa shape index (κ3) is 3.18. The van der Waals surface area contributed by atoms with Crippen molar-refractivity contribution >= 4 is 35.5 Å². The maximum atomic E-state index is 10.1. The van der Waals surface area contributed by atoms with Gasteiger partial charge in [0.25, 0.3) is 0 Å². The van der Waals surface area contributed by atoms with Gasteiger partial charge >= 0.3 is 0 Å². The number of aliphatic hydroxyl groups excluding tert-OH is 1. The van der Waals surface area contributed by atoms with Gasteiger partial charge < -0.3 is 15.7 Å². The van der Waals surface area contributed by atoms with Gasteiger partial charge in [-0.25, -0.2) is 14.5 Å². The largest absolute Gasteiger partial charge is 0.390 e. The molecular formula is C16H24Cl2N6O. The Kier molecular flexibility index (Phi) is 5.39. The lowest BCUT2D eigenvalue weighted by Gasteiger charge is -2.39. The minimum absolute atomic E-state index is 0. The SMILES string of the molecule is CCC1(c2nc(Cl)c3cnc(N[C@H]4CCNC[C@H]4O)nn23)CCC1.Cl. The predicted octanol–water partition coefficient (Wildman–Crippen LogP) is 2.17. The molecule has 1 saturated heterocycles. The maximum absolute atomic E-state index is 10.1. The average molecular weight is 387 g/mol. The van der Waals surface area contributed by atoms with Crippen LogP contribution in [0.3, 0.4) is 0 Å². The fourth-order valence-corrected chi connectivity index (χ4v) is 3.98. The second-order valence-electron chi connectivity index (χ2n) is 6.90. The van der Waals surface area contributed by atoms with Gasteiger partial charge in [0.05, 0.1) is 18.3 Å². The van der Waals surface area contributed by atoms with Crippen molar-refractivity contribution < 1.29 is 5.11 Å². The van der Waals surface area contributed by atoms with Crippen LogP contribution < -0.4 is 10.6 Å². The number of imidazole rings is 1. The zero-order chi connectivity index (χ0) is 16.7. The van der Waals surface area contributed by atoms with Gasteiger partial charge in [0.15, 0.2) is 5.15 Å². The number of hydrogen-bond donors (Lipinski definition) is 3. The van der Waals surface area contributed by atoms with Crippen molar-refractivity contribution in [3.63, 3.8) is 0 Å². The predicted molar refractivity (Wildman–Crippen MR) is 99.8 cm³/mol. The number of hydrogen-bond acceptors (Lipinski definition) is 6. The number of aliphatic hydroxyl groups is 1. The molecule has 3 heterocycles. The number of aromatic nitrogens is 4. The molecule has 0 spiro atoms. The minimum atomic E-state index is -0.447. The van der Waals surface area contributed by atoms with E-state index >= 15 is 0 Å². The Morgan fingerprint density at radius 3 is 2.92 bits per heavy atom. The van der Waals surface area contributed by atoms with Crippen molar-refractivity contribution in [1.29, 1.82) is 0 Å². The Morgan fingerprint density at radius 2 is 2.28 bits per heavy atom. The summed E-state index contributed by atoms with van der Waals surface area (Å²) in [7, 11) is 0. The van der Waals surface area contributed by atoms with Gasteiger partial charge in [-0.05, 0) is 32.2 Å². The topological polar surface area (TPSA) is 87.4 Å². The quantitative estimate of drug-likeness (QED) is 0.746. The van der Waals surface area contributed by atoms with Crippen molar-refractivity contribution in [2.24, 2.45) is 0 Å². The summed E-state index contributed by atoms with van der Waals surface area (Å²) in [5.41, 5.74) is 0.818.